The molecule has 1 nitrogen and oxygen atoms in total. The molecule has 0 aliphatic heterocycles. The van der Waals surface area contributed by atoms with Gasteiger partial charge in [-0.05, 0) is 34.9 Å². The molecule has 2 aromatic rings. The molecule has 80 valence electrons. The van der Waals surface area contributed by atoms with Crippen molar-refractivity contribution in [1.29, 1.82) is 0 Å². The van der Waals surface area contributed by atoms with E-state index < -0.39 is 0 Å². The predicted octanol–water partition coefficient (Wildman–Crippen LogP) is 3.66. The summed E-state index contributed by atoms with van der Waals surface area (Å²) in [5.74, 6) is 0.736. The topological polar surface area (TPSA) is 17.1 Å². The second-order valence-corrected chi connectivity index (χ2v) is 5.15. The fraction of sp³-hybridized carbons (Fsp3) is 0.214. The zero-order valence-electron chi connectivity index (χ0n) is 8.85. The molecule has 0 fully saturated rings. The van der Waals surface area contributed by atoms with Crippen LogP contribution in [0.4, 0.5) is 0 Å². The standard InChI is InChI=1S/C14H12OS/c15-13(14-6-3-7-16-14)9-11-8-10-4-1-2-5-12(10)11/h1-7,11H,8-9H2. The van der Waals surface area contributed by atoms with Gasteiger partial charge in [-0.1, -0.05) is 30.3 Å². The second kappa shape index (κ2) is 3.87. The Kier molecular flexibility index (Phi) is 2.37. The van der Waals surface area contributed by atoms with Crippen molar-refractivity contribution in [1.82, 2.24) is 0 Å². The summed E-state index contributed by atoms with van der Waals surface area (Å²) < 4.78 is 0. The lowest BCUT2D eigenvalue weighted by Crippen LogP contribution is -2.19. The first-order chi connectivity index (χ1) is 7.84. The van der Waals surface area contributed by atoms with E-state index in [2.05, 4.69) is 24.3 Å². The zero-order chi connectivity index (χ0) is 11.0. The van der Waals surface area contributed by atoms with Gasteiger partial charge >= 0.3 is 0 Å². The Hall–Kier alpha value is -1.41. The maximum absolute atomic E-state index is 11.9. The molecule has 0 N–H and O–H groups in total. The average molecular weight is 228 g/mol. The van der Waals surface area contributed by atoms with Crippen molar-refractivity contribution in [3.63, 3.8) is 0 Å². The molecule has 1 heterocycles. The van der Waals surface area contributed by atoms with Gasteiger partial charge in [0.15, 0.2) is 5.78 Å². The van der Waals surface area contributed by atoms with Crippen molar-refractivity contribution in [3.8, 4) is 0 Å². The second-order valence-electron chi connectivity index (χ2n) is 4.20. The molecule has 1 atom stereocenters. The highest BCUT2D eigenvalue weighted by Crippen LogP contribution is 2.38. The predicted molar refractivity (Wildman–Crippen MR) is 66.2 cm³/mol. The molecule has 1 unspecified atom stereocenters. The number of rotatable bonds is 3. The summed E-state index contributed by atoms with van der Waals surface area (Å²) in [6.45, 7) is 0. The van der Waals surface area contributed by atoms with E-state index in [1.54, 1.807) is 0 Å². The molecule has 0 spiro atoms. The Balaban J connectivity index is 1.73. The lowest BCUT2D eigenvalue weighted by Gasteiger charge is -2.29. The number of carbonyl (C=O) groups is 1. The van der Waals surface area contributed by atoms with Gasteiger partial charge in [-0.3, -0.25) is 4.79 Å². The normalized spacial score (nSPS) is 17.6. The number of ketones is 1. The van der Waals surface area contributed by atoms with Gasteiger partial charge in [-0.15, -0.1) is 11.3 Å². The molecule has 0 bridgehead atoms. The number of fused-ring (bicyclic) bond motifs is 1. The molecule has 0 amide bonds. The minimum Gasteiger partial charge on any atom is -0.293 e. The fourth-order valence-electron chi connectivity index (χ4n) is 2.31. The van der Waals surface area contributed by atoms with Gasteiger partial charge in [0.1, 0.15) is 0 Å². The summed E-state index contributed by atoms with van der Waals surface area (Å²) in [7, 11) is 0. The Labute approximate surface area is 98.7 Å². The van der Waals surface area contributed by atoms with E-state index in [9.17, 15) is 4.79 Å². The van der Waals surface area contributed by atoms with Gasteiger partial charge in [0, 0.05) is 6.42 Å². The van der Waals surface area contributed by atoms with Crippen LogP contribution >= 0.6 is 11.3 Å². The zero-order valence-corrected chi connectivity index (χ0v) is 9.67. The first-order valence-corrected chi connectivity index (χ1v) is 6.37. The third kappa shape index (κ3) is 1.59. The highest BCUT2D eigenvalue weighted by atomic mass is 32.1. The molecular weight excluding hydrogens is 216 g/mol. The molecular formula is C14H12OS. The first kappa shape index (κ1) is 9.79. The van der Waals surface area contributed by atoms with Crippen LogP contribution in [0.5, 0.6) is 0 Å². The quantitative estimate of drug-likeness (QED) is 0.733. The number of hydrogen-bond donors (Lipinski definition) is 0. The van der Waals surface area contributed by atoms with E-state index in [4.69, 9.17) is 0 Å². The smallest absolute Gasteiger partial charge is 0.173 e. The minimum atomic E-state index is 0.287. The average Bonchev–Trinajstić information content (AvgIpc) is 2.79. The number of Topliss-reactive ketones (excluding diaryl/α,β-unsaturated/α-hetero) is 1. The third-order valence-corrected chi connectivity index (χ3v) is 4.10. The van der Waals surface area contributed by atoms with Gasteiger partial charge in [0.25, 0.3) is 0 Å². The van der Waals surface area contributed by atoms with Crippen molar-refractivity contribution in [2.75, 3.05) is 0 Å². The van der Waals surface area contributed by atoms with Crippen LogP contribution in [0.3, 0.4) is 0 Å². The molecule has 1 aliphatic rings. The van der Waals surface area contributed by atoms with Crippen LogP contribution in [0.25, 0.3) is 0 Å². The van der Waals surface area contributed by atoms with E-state index in [0.29, 0.717) is 12.3 Å². The van der Waals surface area contributed by atoms with Crippen molar-refractivity contribution in [2.24, 2.45) is 0 Å². The molecule has 1 aromatic heterocycles. The first-order valence-electron chi connectivity index (χ1n) is 5.49. The fourth-order valence-corrected chi connectivity index (χ4v) is 2.98. The molecule has 2 heteroatoms. The van der Waals surface area contributed by atoms with Crippen LogP contribution in [0.2, 0.25) is 0 Å². The van der Waals surface area contributed by atoms with Crippen molar-refractivity contribution < 1.29 is 4.79 Å². The van der Waals surface area contributed by atoms with Crippen molar-refractivity contribution in [3.05, 3.63) is 57.8 Å². The monoisotopic (exact) mass is 228 g/mol. The van der Waals surface area contributed by atoms with E-state index in [1.165, 1.54) is 22.5 Å². The molecule has 0 radical (unpaired) electrons. The number of benzene rings is 1. The summed E-state index contributed by atoms with van der Waals surface area (Å²) in [6.07, 6.45) is 1.73. The van der Waals surface area contributed by atoms with E-state index in [-0.39, 0.29) is 5.78 Å². The maximum Gasteiger partial charge on any atom is 0.173 e. The van der Waals surface area contributed by atoms with Gasteiger partial charge in [-0.2, -0.15) is 0 Å². The SMILES string of the molecule is O=C(CC1Cc2ccccc21)c1cccs1. The van der Waals surface area contributed by atoms with E-state index >= 15 is 0 Å². The molecule has 1 aliphatic carbocycles. The number of carbonyl (C=O) groups excluding carboxylic acids is 1. The van der Waals surface area contributed by atoms with Crippen molar-refractivity contribution >= 4 is 17.1 Å². The minimum absolute atomic E-state index is 0.287. The lowest BCUT2D eigenvalue weighted by atomic mass is 9.75. The summed E-state index contributed by atoms with van der Waals surface area (Å²) in [6, 6.07) is 12.3. The number of hydrogen-bond acceptors (Lipinski definition) is 2. The molecule has 0 saturated carbocycles. The Morgan fingerprint density at radius 2 is 2.12 bits per heavy atom. The molecule has 1 aromatic carbocycles. The molecule has 3 rings (SSSR count). The van der Waals surface area contributed by atoms with Crippen molar-refractivity contribution in [2.45, 2.75) is 18.8 Å². The van der Waals surface area contributed by atoms with Crippen LogP contribution in [-0.4, -0.2) is 5.78 Å². The molecule has 16 heavy (non-hydrogen) atoms. The van der Waals surface area contributed by atoms with E-state index in [0.717, 1.165) is 11.3 Å². The summed E-state index contributed by atoms with van der Waals surface area (Å²) >= 11 is 1.54. The summed E-state index contributed by atoms with van der Waals surface area (Å²) in [4.78, 5) is 12.8. The number of thiophene rings is 1. The van der Waals surface area contributed by atoms with Gasteiger partial charge in [0.2, 0.25) is 0 Å². The molecule has 0 saturated heterocycles. The highest BCUT2D eigenvalue weighted by molar-refractivity contribution is 7.12. The van der Waals surface area contributed by atoms with Crippen LogP contribution in [-0.2, 0) is 6.42 Å². The maximum atomic E-state index is 11.9. The van der Waals surface area contributed by atoms with Crippen LogP contribution in [0, 0.1) is 0 Å². The Morgan fingerprint density at radius 1 is 1.25 bits per heavy atom. The lowest BCUT2D eigenvalue weighted by molar-refractivity contribution is 0.0974. The van der Waals surface area contributed by atoms with Crippen LogP contribution in [0.1, 0.15) is 33.1 Å². The summed E-state index contributed by atoms with van der Waals surface area (Å²) in [5, 5.41) is 1.96. The van der Waals surface area contributed by atoms with Crippen LogP contribution < -0.4 is 0 Å². The van der Waals surface area contributed by atoms with Gasteiger partial charge in [-0.25, -0.2) is 0 Å². The van der Waals surface area contributed by atoms with Gasteiger partial charge in [0.05, 0.1) is 4.88 Å². The summed E-state index contributed by atoms with van der Waals surface area (Å²) in [5.41, 5.74) is 2.78. The highest BCUT2D eigenvalue weighted by Gasteiger charge is 2.27. The van der Waals surface area contributed by atoms with Crippen LogP contribution in [0.15, 0.2) is 41.8 Å². The Morgan fingerprint density at radius 3 is 2.88 bits per heavy atom. The Bertz CT molecular complexity index is 513. The largest absolute Gasteiger partial charge is 0.293 e. The van der Waals surface area contributed by atoms with E-state index in [1.807, 2.05) is 17.5 Å². The third-order valence-electron chi connectivity index (χ3n) is 3.19. The van der Waals surface area contributed by atoms with Gasteiger partial charge < -0.3 is 0 Å².